The van der Waals surface area contributed by atoms with E-state index in [-0.39, 0.29) is 18.4 Å². The molecule has 4 nitrogen and oxygen atoms in total. The first-order valence-corrected chi connectivity index (χ1v) is 9.08. The van der Waals surface area contributed by atoms with E-state index in [0.717, 1.165) is 22.9 Å². The molecule has 1 unspecified atom stereocenters. The third-order valence-corrected chi connectivity index (χ3v) is 6.71. The molecular formula is C13H16Cl2N2O2S2. The number of nitrogens with two attached hydrogens (primary N) is 1. The number of thiophene rings is 1. The Hall–Kier alpha value is -0.370. The second-order valence-corrected chi connectivity index (χ2v) is 8.61. The number of hydrogen-bond acceptors (Lipinski definition) is 4. The molecular weight excluding hydrogens is 351 g/mol. The first-order valence-electron chi connectivity index (χ1n) is 6.40. The van der Waals surface area contributed by atoms with Crippen LogP contribution in [0.2, 0.25) is 5.02 Å². The highest BCUT2D eigenvalue weighted by Crippen LogP contribution is 2.32. The summed E-state index contributed by atoms with van der Waals surface area (Å²) in [7, 11) is -3.49. The molecule has 1 aliphatic carbocycles. The van der Waals surface area contributed by atoms with Crippen molar-refractivity contribution in [2.24, 2.45) is 11.7 Å². The van der Waals surface area contributed by atoms with Gasteiger partial charge in [-0.25, -0.2) is 13.1 Å². The van der Waals surface area contributed by atoms with Crippen molar-refractivity contribution in [3.8, 4) is 0 Å². The summed E-state index contributed by atoms with van der Waals surface area (Å²) in [5, 5.41) is 1.44. The summed E-state index contributed by atoms with van der Waals surface area (Å²) in [5.41, 5.74) is 5.92. The molecule has 2 aromatic rings. The first kappa shape index (κ1) is 17.0. The Labute approximate surface area is 139 Å². The minimum absolute atomic E-state index is 0. The lowest BCUT2D eigenvalue weighted by atomic mass is 10.2. The molecule has 21 heavy (non-hydrogen) atoms. The van der Waals surface area contributed by atoms with E-state index in [1.165, 1.54) is 11.3 Å². The van der Waals surface area contributed by atoms with Crippen LogP contribution in [0.4, 0.5) is 0 Å². The van der Waals surface area contributed by atoms with E-state index in [2.05, 4.69) is 4.72 Å². The average Bonchev–Trinajstić information content (AvgIpc) is 3.15. The molecule has 1 heterocycles. The lowest BCUT2D eigenvalue weighted by Gasteiger charge is -2.10. The molecule has 0 radical (unpaired) electrons. The average molecular weight is 367 g/mol. The fourth-order valence-corrected chi connectivity index (χ4v) is 4.77. The number of nitrogens with one attached hydrogen (secondary N) is 1. The smallest absolute Gasteiger partial charge is 0.250 e. The number of benzene rings is 1. The lowest BCUT2D eigenvalue weighted by molar-refractivity contribution is 0.549. The van der Waals surface area contributed by atoms with Crippen molar-refractivity contribution in [2.75, 3.05) is 6.54 Å². The fraction of sp³-hybridized carbons (Fsp3) is 0.385. The fourth-order valence-electron chi connectivity index (χ4n) is 2.09. The van der Waals surface area contributed by atoms with E-state index in [1.807, 2.05) is 6.07 Å². The summed E-state index contributed by atoms with van der Waals surface area (Å²) in [6, 6.07) is 6.91. The molecule has 0 saturated heterocycles. The Morgan fingerprint density at radius 3 is 2.76 bits per heavy atom. The van der Waals surface area contributed by atoms with Crippen molar-refractivity contribution < 1.29 is 8.42 Å². The number of halogens is 2. The summed E-state index contributed by atoms with van der Waals surface area (Å²) in [6.45, 7) is 0.294. The van der Waals surface area contributed by atoms with Crippen molar-refractivity contribution in [3.05, 3.63) is 29.3 Å². The van der Waals surface area contributed by atoms with E-state index in [9.17, 15) is 8.42 Å². The summed E-state index contributed by atoms with van der Waals surface area (Å²) >= 11 is 7.15. The van der Waals surface area contributed by atoms with Gasteiger partial charge in [-0.1, -0.05) is 11.6 Å². The number of fused-ring (bicyclic) bond motifs is 1. The molecule has 3 rings (SSSR count). The molecule has 0 bridgehead atoms. The highest BCUT2D eigenvalue weighted by atomic mass is 35.5. The quantitative estimate of drug-likeness (QED) is 0.853. The van der Waals surface area contributed by atoms with Crippen molar-refractivity contribution in [1.82, 2.24) is 4.72 Å². The Bertz CT molecular complexity index is 742. The first-order chi connectivity index (χ1) is 9.45. The summed E-state index contributed by atoms with van der Waals surface area (Å²) < 4.78 is 28.3. The lowest BCUT2D eigenvalue weighted by Crippen LogP contribution is -2.38. The molecule has 3 N–H and O–H groups in total. The monoisotopic (exact) mass is 366 g/mol. The maximum atomic E-state index is 12.2. The highest BCUT2D eigenvalue weighted by molar-refractivity contribution is 7.91. The third-order valence-electron chi connectivity index (χ3n) is 3.46. The maximum Gasteiger partial charge on any atom is 0.250 e. The van der Waals surface area contributed by atoms with E-state index < -0.39 is 10.0 Å². The molecule has 1 fully saturated rings. The summed E-state index contributed by atoms with van der Waals surface area (Å²) in [4.78, 5) is 0. The standard InChI is InChI=1S/C13H15ClN2O2S2.ClH/c14-10-3-4-12-9(5-10)6-13(19-12)20(17,18)16-7-11(15)8-1-2-8;/h3-6,8,11,16H,1-2,7,15H2;1H. The largest absolute Gasteiger partial charge is 0.326 e. The number of rotatable bonds is 5. The molecule has 116 valence electrons. The second-order valence-electron chi connectivity index (χ2n) is 5.10. The minimum atomic E-state index is -3.49. The molecule has 8 heteroatoms. The van der Waals surface area contributed by atoms with Gasteiger partial charge in [-0.05, 0) is 48.4 Å². The molecule has 0 aliphatic heterocycles. The molecule has 1 aromatic heterocycles. The van der Waals surface area contributed by atoms with Gasteiger partial charge < -0.3 is 5.73 Å². The van der Waals surface area contributed by atoms with E-state index >= 15 is 0 Å². The normalized spacial score (nSPS) is 16.7. The van der Waals surface area contributed by atoms with Crippen LogP contribution in [0, 0.1) is 5.92 Å². The van der Waals surface area contributed by atoms with Crippen molar-refractivity contribution >= 4 is 55.5 Å². The van der Waals surface area contributed by atoms with Crippen LogP contribution in [0.15, 0.2) is 28.5 Å². The van der Waals surface area contributed by atoms with Gasteiger partial charge in [0.15, 0.2) is 0 Å². The molecule has 0 amide bonds. The van der Waals surface area contributed by atoms with Crippen molar-refractivity contribution in [3.63, 3.8) is 0 Å². The number of hydrogen-bond donors (Lipinski definition) is 2. The summed E-state index contributed by atoms with van der Waals surface area (Å²) in [5.74, 6) is 0.471. The topological polar surface area (TPSA) is 72.2 Å². The van der Waals surface area contributed by atoms with Gasteiger partial charge in [0.2, 0.25) is 10.0 Å². The van der Waals surface area contributed by atoms with Gasteiger partial charge in [-0.15, -0.1) is 23.7 Å². The van der Waals surface area contributed by atoms with Crippen LogP contribution in [0.25, 0.3) is 10.1 Å². The van der Waals surface area contributed by atoms with Crippen LogP contribution < -0.4 is 10.5 Å². The van der Waals surface area contributed by atoms with Gasteiger partial charge in [0, 0.05) is 22.3 Å². The van der Waals surface area contributed by atoms with Gasteiger partial charge in [0.05, 0.1) is 0 Å². The molecule has 1 aliphatic rings. The zero-order chi connectivity index (χ0) is 14.3. The predicted octanol–water partition coefficient (Wildman–Crippen LogP) is 2.99. The Balaban J connectivity index is 0.00000161. The molecule has 1 saturated carbocycles. The van der Waals surface area contributed by atoms with Gasteiger partial charge in [-0.3, -0.25) is 0 Å². The van der Waals surface area contributed by atoms with E-state index in [4.69, 9.17) is 17.3 Å². The van der Waals surface area contributed by atoms with Gasteiger partial charge >= 0.3 is 0 Å². The SMILES string of the molecule is Cl.NC(CNS(=O)(=O)c1cc2cc(Cl)ccc2s1)C1CC1. The molecule has 1 atom stereocenters. The van der Waals surface area contributed by atoms with Crippen molar-refractivity contribution in [2.45, 2.75) is 23.1 Å². The van der Waals surface area contributed by atoms with Gasteiger partial charge in [0.25, 0.3) is 0 Å². The van der Waals surface area contributed by atoms with Crippen LogP contribution in [-0.2, 0) is 10.0 Å². The Morgan fingerprint density at radius 2 is 2.10 bits per heavy atom. The van der Waals surface area contributed by atoms with Crippen LogP contribution in [-0.4, -0.2) is 21.0 Å². The van der Waals surface area contributed by atoms with Crippen LogP contribution in [0.1, 0.15) is 12.8 Å². The van der Waals surface area contributed by atoms with E-state index in [1.54, 1.807) is 18.2 Å². The predicted molar refractivity (Wildman–Crippen MR) is 90.0 cm³/mol. The minimum Gasteiger partial charge on any atom is -0.326 e. The Kier molecular flexibility index (Phi) is 5.18. The van der Waals surface area contributed by atoms with Gasteiger partial charge in [-0.2, -0.15) is 0 Å². The van der Waals surface area contributed by atoms with Crippen LogP contribution in [0.5, 0.6) is 0 Å². The summed E-state index contributed by atoms with van der Waals surface area (Å²) in [6.07, 6.45) is 2.20. The molecule has 1 aromatic carbocycles. The molecule has 0 spiro atoms. The zero-order valence-electron chi connectivity index (χ0n) is 11.1. The third kappa shape index (κ3) is 3.88. The van der Waals surface area contributed by atoms with Crippen LogP contribution in [0.3, 0.4) is 0 Å². The van der Waals surface area contributed by atoms with Gasteiger partial charge in [0.1, 0.15) is 4.21 Å². The van der Waals surface area contributed by atoms with Crippen LogP contribution >= 0.6 is 35.3 Å². The second kappa shape index (κ2) is 6.40. The number of sulfonamides is 1. The maximum absolute atomic E-state index is 12.2. The Morgan fingerprint density at radius 1 is 1.38 bits per heavy atom. The highest BCUT2D eigenvalue weighted by Gasteiger charge is 2.29. The zero-order valence-corrected chi connectivity index (χ0v) is 14.3. The van der Waals surface area contributed by atoms with E-state index in [0.29, 0.717) is 21.7 Å². The van der Waals surface area contributed by atoms with Crippen molar-refractivity contribution in [1.29, 1.82) is 0 Å².